The zero-order valence-electron chi connectivity index (χ0n) is 8.61. The Kier molecular flexibility index (Phi) is 2.02. The lowest BCUT2D eigenvalue weighted by Crippen LogP contribution is -1.88. The number of rotatable bonds is 1. The molecule has 1 heterocycles. The summed E-state index contributed by atoms with van der Waals surface area (Å²) < 4.78 is 0. The van der Waals surface area contributed by atoms with Crippen LogP contribution in [-0.4, -0.2) is 4.98 Å². The van der Waals surface area contributed by atoms with E-state index in [9.17, 15) is 0 Å². The number of aryl methyl sites for hydroxylation is 1. The van der Waals surface area contributed by atoms with E-state index in [1.165, 1.54) is 36.0 Å². The Morgan fingerprint density at radius 3 is 2.67 bits per heavy atom. The minimum Gasteiger partial charge on any atom is -0.265 e. The van der Waals surface area contributed by atoms with E-state index in [2.05, 4.69) is 35.3 Å². The summed E-state index contributed by atoms with van der Waals surface area (Å²) in [5, 5.41) is 0. The van der Waals surface area contributed by atoms with E-state index >= 15 is 0 Å². The summed E-state index contributed by atoms with van der Waals surface area (Å²) in [6, 6.07) is 10.8. The van der Waals surface area contributed by atoms with Gasteiger partial charge in [0.1, 0.15) is 0 Å². The van der Waals surface area contributed by atoms with Crippen molar-refractivity contribution in [2.45, 2.75) is 19.3 Å². The van der Waals surface area contributed by atoms with Crippen LogP contribution in [0.5, 0.6) is 0 Å². The average Bonchev–Trinajstić information content (AvgIpc) is 2.78. The van der Waals surface area contributed by atoms with Gasteiger partial charge in [0.2, 0.25) is 0 Å². The van der Waals surface area contributed by atoms with Gasteiger partial charge < -0.3 is 0 Å². The normalized spacial score (nSPS) is 13.9. The Bertz CT molecular complexity index is 474. The van der Waals surface area contributed by atoms with Crippen LogP contribution in [0.2, 0.25) is 0 Å². The van der Waals surface area contributed by atoms with Crippen molar-refractivity contribution in [1.29, 1.82) is 0 Å². The minimum absolute atomic E-state index is 1.23. The maximum atomic E-state index is 4.06. The molecule has 74 valence electrons. The highest BCUT2D eigenvalue weighted by Gasteiger charge is 2.14. The maximum Gasteiger partial charge on any atom is 0.0273 e. The van der Waals surface area contributed by atoms with Gasteiger partial charge in [-0.2, -0.15) is 0 Å². The molecule has 0 bridgehead atoms. The third kappa shape index (κ3) is 1.44. The Hall–Kier alpha value is -1.63. The lowest BCUT2D eigenvalue weighted by molar-refractivity contribution is 0.912. The first kappa shape index (κ1) is 8.66. The van der Waals surface area contributed by atoms with Crippen molar-refractivity contribution >= 4 is 0 Å². The first-order valence-corrected chi connectivity index (χ1v) is 5.46. The SMILES string of the molecule is c1cc2c(c(-c3ccncc3)c1)CCC2. The zero-order chi connectivity index (χ0) is 10.1. The van der Waals surface area contributed by atoms with Crippen LogP contribution in [0.3, 0.4) is 0 Å². The monoisotopic (exact) mass is 195 g/mol. The van der Waals surface area contributed by atoms with Crippen molar-refractivity contribution in [3.63, 3.8) is 0 Å². The first-order valence-electron chi connectivity index (χ1n) is 5.46. The summed E-state index contributed by atoms with van der Waals surface area (Å²) in [5.41, 5.74) is 5.77. The third-order valence-electron chi connectivity index (χ3n) is 3.14. The zero-order valence-corrected chi connectivity index (χ0v) is 8.61. The fourth-order valence-electron chi connectivity index (χ4n) is 2.42. The number of pyridine rings is 1. The van der Waals surface area contributed by atoms with Gasteiger partial charge in [0.05, 0.1) is 0 Å². The van der Waals surface area contributed by atoms with Gasteiger partial charge in [-0.15, -0.1) is 0 Å². The van der Waals surface area contributed by atoms with Crippen LogP contribution in [-0.2, 0) is 12.8 Å². The quantitative estimate of drug-likeness (QED) is 0.680. The van der Waals surface area contributed by atoms with Crippen molar-refractivity contribution < 1.29 is 0 Å². The highest BCUT2D eigenvalue weighted by molar-refractivity contribution is 5.69. The van der Waals surface area contributed by atoms with E-state index in [4.69, 9.17) is 0 Å². The van der Waals surface area contributed by atoms with Gasteiger partial charge in [-0.3, -0.25) is 4.98 Å². The number of fused-ring (bicyclic) bond motifs is 1. The Morgan fingerprint density at radius 1 is 0.933 bits per heavy atom. The lowest BCUT2D eigenvalue weighted by atomic mass is 9.98. The summed E-state index contributed by atoms with van der Waals surface area (Å²) in [5.74, 6) is 0. The fraction of sp³-hybridized carbons (Fsp3) is 0.214. The highest BCUT2D eigenvalue weighted by Crippen LogP contribution is 2.31. The molecule has 0 amide bonds. The summed E-state index contributed by atoms with van der Waals surface area (Å²) in [6.45, 7) is 0. The van der Waals surface area contributed by atoms with Gasteiger partial charge >= 0.3 is 0 Å². The van der Waals surface area contributed by atoms with Crippen LogP contribution in [0.1, 0.15) is 17.5 Å². The summed E-state index contributed by atoms with van der Waals surface area (Å²) in [4.78, 5) is 4.06. The number of benzene rings is 1. The Labute approximate surface area is 89.8 Å². The average molecular weight is 195 g/mol. The van der Waals surface area contributed by atoms with Crippen molar-refractivity contribution in [3.05, 3.63) is 53.9 Å². The van der Waals surface area contributed by atoms with Crippen LogP contribution < -0.4 is 0 Å². The van der Waals surface area contributed by atoms with E-state index in [1.807, 2.05) is 12.4 Å². The smallest absolute Gasteiger partial charge is 0.0273 e. The molecule has 1 aliphatic rings. The first-order chi connectivity index (χ1) is 7.45. The van der Waals surface area contributed by atoms with Crippen molar-refractivity contribution in [3.8, 4) is 11.1 Å². The molecule has 1 aromatic carbocycles. The largest absolute Gasteiger partial charge is 0.265 e. The molecule has 3 rings (SSSR count). The van der Waals surface area contributed by atoms with Crippen LogP contribution in [0, 0.1) is 0 Å². The molecule has 0 spiro atoms. The summed E-state index contributed by atoms with van der Waals surface area (Å²) >= 11 is 0. The van der Waals surface area contributed by atoms with E-state index in [1.54, 1.807) is 5.56 Å². The molecule has 0 atom stereocenters. The molecule has 1 aliphatic carbocycles. The van der Waals surface area contributed by atoms with Crippen LogP contribution in [0.15, 0.2) is 42.7 Å². The molecule has 0 saturated heterocycles. The topological polar surface area (TPSA) is 12.9 Å². The van der Waals surface area contributed by atoms with Crippen molar-refractivity contribution in [2.24, 2.45) is 0 Å². The molecule has 0 aliphatic heterocycles. The second-order valence-corrected chi connectivity index (χ2v) is 4.03. The lowest BCUT2D eigenvalue weighted by Gasteiger charge is -2.07. The molecule has 1 aromatic heterocycles. The van der Waals surface area contributed by atoms with Gasteiger partial charge in [0.15, 0.2) is 0 Å². The molecule has 1 nitrogen and oxygen atoms in total. The predicted octanol–water partition coefficient (Wildman–Crippen LogP) is 3.24. The molecule has 0 radical (unpaired) electrons. The van der Waals surface area contributed by atoms with E-state index in [-0.39, 0.29) is 0 Å². The maximum absolute atomic E-state index is 4.06. The standard InChI is InChI=1S/C14H13N/c1-3-11-4-2-6-14(13(11)5-1)12-7-9-15-10-8-12/h2,4,6-10H,1,3,5H2. The van der Waals surface area contributed by atoms with E-state index in [0.29, 0.717) is 0 Å². The number of nitrogens with zero attached hydrogens (tertiary/aromatic N) is 1. The third-order valence-corrected chi connectivity index (χ3v) is 3.14. The molecule has 0 N–H and O–H groups in total. The van der Waals surface area contributed by atoms with Crippen molar-refractivity contribution in [2.75, 3.05) is 0 Å². The Balaban J connectivity index is 2.17. The van der Waals surface area contributed by atoms with Gasteiger partial charge in [-0.05, 0) is 53.6 Å². The van der Waals surface area contributed by atoms with E-state index in [0.717, 1.165) is 0 Å². The van der Waals surface area contributed by atoms with E-state index < -0.39 is 0 Å². The molecular formula is C14H13N. The minimum atomic E-state index is 1.23. The molecular weight excluding hydrogens is 182 g/mol. The molecule has 15 heavy (non-hydrogen) atoms. The second-order valence-electron chi connectivity index (χ2n) is 4.03. The van der Waals surface area contributed by atoms with Gasteiger partial charge in [0.25, 0.3) is 0 Å². The van der Waals surface area contributed by atoms with Gasteiger partial charge in [0, 0.05) is 12.4 Å². The summed E-state index contributed by atoms with van der Waals surface area (Å²) in [7, 11) is 0. The van der Waals surface area contributed by atoms with Crippen LogP contribution in [0.4, 0.5) is 0 Å². The van der Waals surface area contributed by atoms with Gasteiger partial charge in [-0.25, -0.2) is 0 Å². The second kappa shape index (κ2) is 3.50. The predicted molar refractivity (Wildman–Crippen MR) is 61.7 cm³/mol. The molecule has 2 aromatic rings. The molecule has 0 unspecified atom stereocenters. The fourth-order valence-corrected chi connectivity index (χ4v) is 2.42. The highest BCUT2D eigenvalue weighted by atomic mass is 14.6. The number of hydrogen-bond acceptors (Lipinski definition) is 1. The van der Waals surface area contributed by atoms with Gasteiger partial charge in [-0.1, -0.05) is 18.2 Å². The van der Waals surface area contributed by atoms with Crippen LogP contribution >= 0.6 is 0 Å². The van der Waals surface area contributed by atoms with Crippen LogP contribution in [0.25, 0.3) is 11.1 Å². The van der Waals surface area contributed by atoms with Crippen molar-refractivity contribution in [1.82, 2.24) is 4.98 Å². The number of hydrogen-bond donors (Lipinski definition) is 0. The molecule has 0 saturated carbocycles. The molecule has 1 heteroatoms. The summed E-state index contributed by atoms with van der Waals surface area (Å²) in [6.07, 6.45) is 7.51. The molecule has 0 fully saturated rings. The Morgan fingerprint density at radius 2 is 1.80 bits per heavy atom. The number of aromatic nitrogens is 1.